The molecule has 1 aliphatic rings. The average molecular weight is 387 g/mol. The van der Waals surface area contributed by atoms with Gasteiger partial charge >= 0.3 is 0 Å². The summed E-state index contributed by atoms with van der Waals surface area (Å²) >= 11 is 1.45. The molecule has 27 heavy (non-hydrogen) atoms. The zero-order valence-electron chi connectivity index (χ0n) is 15.8. The van der Waals surface area contributed by atoms with Gasteiger partial charge in [0.15, 0.2) is 5.13 Å². The molecule has 7 heteroatoms. The van der Waals surface area contributed by atoms with Gasteiger partial charge in [-0.1, -0.05) is 30.3 Å². The second kappa shape index (κ2) is 9.10. The van der Waals surface area contributed by atoms with E-state index in [0.717, 1.165) is 37.2 Å². The van der Waals surface area contributed by atoms with Crippen LogP contribution in [-0.2, 0) is 16.1 Å². The largest absolute Gasteiger partial charge is 0.351 e. The number of anilines is 1. The van der Waals surface area contributed by atoms with Crippen molar-refractivity contribution in [3.05, 3.63) is 47.0 Å². The van der Waals surface area contributed by atoms with Crippen LogP contribution in [0, 0.1) is 12.8 Å². The molecule has 0 saturated carbocycles. The number of nitrogens with zero attached hydrogens (tertiary/aromatic N) is 2. The lowest BCUT2D eigenvalue weighted by atomic mass is 9.95. The van der Waals surface area contributed by atoms with E-state index in [0.29, 0.717) is 11.7 Å². The molecule has 0 bridgehead atoms. The number of amides is 2. The van der Waals surface area contributed by atoms with Crippen LogP contribution in [0.1, 0.15) is 31.0 Å². The number of rotatable bonds is 6. The Kier molecular flexibility index (Phi) is 6.58. The van der Waals surface area contributed by atoms with Crippen LogP contribution in [0.4, 0.5) is 5.13 Å². The fourth-order valence-electron chi connectivity index (χ4n) is 3.27. The van der Waals surface area contributed by atoms with Gasteiger partial charge in [-0.3, -0.25) is 14.5 Å². The van der Waals surface area contributed by atoms with Crippen LogP contribution in [0.5, 0.6) is 0 Å². The molecule has 2 aromatic rings. The molecule has 1 aromatic carbocycles. The van der Waals surface area contributed by atoms with Gasteiger partial charge in [-0.05, 0) is 45.3 Å². The van der Waals surface area contributed by atoms with E-state index in [1.54, 1.807) is 0 Å². The SMILES string of the molecule is Cc1csc(NC(=O)C2CCN(C(C)C(=O)NCc3ccccc3)CC2)n1. The molecule has 2 amide bonds. The molecule has 1 aliphatic heterocycles. The first-order valence-corrected chi connectivity index (χ1v) is 10.2. The predicted molar refractivity (Wildman–Crippen MR) is 108 cm³/mol. The van der Waals surface area contributed by atoms with E-state index in [4.69, 9.17) is 0 Å². The van der Waals surface area contributed by atoms with Gasteiger partial charge in [0.1, 0.15) is 0 Å². The molecule has 6 nitrogen and oxygen atoms in total. The van der Waals surface area contributed by atoms with Crippen molar-refractivity contribution in [1.29, 1.82) is 0 Å². The highest BCUT2D eigenvalue weighted by Crippen LogP contribution is 2.22. The van der Waals surface area contributed by atoms with E-state index >= 15 is 0 Å². The summed E-state index contributed by atoms with van der Waals surface area (Å²) in [6.45, 7) is 5.87. The number of thiazole rings is 1. The van der Waals surface area contributed by atoms with Crippen LogP contribution in [0.2, 0.25) is 0 Å². The molecule has 144 valence electrons. The molecule has 1 aromatic heterocycles. The fraction of sp³-hybridized carbons (Fsp3) is 0.450. The van der Waals surface area contributed by atoms with E-state index in [9.17, 15) is 9.59 Å². The van der Waals surface area contributed by atoms with Crippen molar-refractivity contribution in [2.24, 2.45) is 5.92 Å². The van der Waals surface area contributed by atoms with Crippen molar-refractivity contribution in [2.75, 3.05) is 18.4 Å². The molecule has 2 heterocycles. The summed E-state index contributed by atoms with van der Waals surface area (Å²) in [5.41, 5.74) is 2.01. The van der Waals surface area contributed by atoms with Gasteiger partial charge in [-0.15, -0.1) is 11.3 Å². The van der Waals surface area contributed by atoms with Crippen LogP contribution in [0.15, 0.2) is 35.7 Å². The Bertz CT molecular complexity index is 769. The number of aromatic nitrogens is 1. The number of nitrogens with one attached hydrogen (secondary N) is 2. The van der Waals surface area contributed by atoms with E-state index in [-0.39, 0.29) is 23.8 Å². The highest BCUT2D eigenvalue weighted by molar-refractivity contribution is 7.13. The zero-order chi connectivity index (χ0) is 19.2. The number of likely N-dealkylation sites (tertiary alicyclic amines) is 1. The molecule has 0 spiro atoms. The second-order valence-corrected chi connectivity index (χ2v) is 7.83. The van der Waals surface area contributed by atoms with Crippen LogP contribution in [0.3, 0.4) is 0 Å². The van der Waals surface area contributed by atoms with Gasteiger partial charge in [-0.2, -0.15) is 0 Å². The minimum atomic E-state index is -0.195. The van der Waals surface area contributed by atoms with Crippen LogP contribution in [-0.4, -0.2) is 40.8 Å². The Balaban J connectivity index is 1.43. The lowest BCUT2D eigenvalue weighted by Gasteiger charge is -2.34. The van der Waals surface area contributed by atoms with Crippen LogP contribution in [0.25, 0.3) is 0 Å². The molecule has 1 atom stereocenters. The topological polar surface area (TPSA) is 74.3 Å². The van der Waals surface area contributed by atoms with E-state index in [1.165, 1.54) is 11.3 Å². The van der Waals surface area contributed by atoms with Crippen molar-refractivity contribution >= 4 is 28.3 Å². The average Bonchev–Trinajstić information content (AvgIpc) is 3.11. The number of aryl methyl sites for hydroxylation is 1. The van der Waals surface area contributed by atoms with Crippen molar-refractivity contribution in [3.63, 3.8) is 0 Å². The summed E-state index contributed by atoms with van der Waals surface area (Å²) in [7, 11) is 0. The van der Waals surface area contributed by atoms with E-state index in [1.807, 2.05) is 49.6 Å². The predicted octanol–water partition coefficient (Wildman–Crippen LogP) is 2.81. The molecule has 1 fully saturated rings. The maximum Gasteiger partial charge on any atom is 0.237 e. The lowest BCUT2D eigenvalue weighted by Crippen LogP contribution is -2.49. The number of carbonyl (C=O) groups is 2. The highest BCUT2D eigenvalue weighted by Gasteiger charge is 2.30. The number of benzene rings is 1. The summed E-state index contributed by atoms with van der Waals surface area (Å²) in [5, 5.41) is 8.49. The maximum absolute atomic E-state index is 12.4. The monoisotopic (exact) mass is 386 g/mol. The van der Waals surface area contributed by atoms with Crippen molar-refractivity contribution in [2.45, 2.75) is 39.3 Å². The second-order valence-electron chi connectivity index (χ2n) is 6.97. The minimum Gasteiger partial charge on any atom is -0.351 e. The molecule has 0 radical (unpaired) electrons. The molecule has 0 aliphatic carbocycles. The van der Waals surface area contributed by atoms with Gasteiger partial charge in [0.2, 0.25) is 11.8 Å². The summed E-state index contributed by atoms with van der Waals surface area (Å²) in [5.74, 6) is 0.0373. The normalized spacial score (nSPS) is 16.7. The van der Waals surface area contributed by atoms with Gasteiger partial charge < -0.3 is 10.6 Å². The molecule has 3 rings (SSSR count). The number of carbonyl (C=O) groups excluding carboxylic acids is 2. The number of piperidine rings is 1. The molecule has 1 saturated heterocycles. The van der Waals surface area contributed by atoms with Crippen molar-refractivity contribution in [1.82, 2.24) is 15.2 Å². The van der Waals surface area contributed by atoms with Gasteiger partial charge in [0, 0.05) is 17.8 Å². The van der Waals surface area contributed by atoms with Crippen molar-refractivity contribution < 1.29 is 9.59 Å². The van der Waals surface area contributed by atoms with Crippen LogP contribution < -0.4 is 10.6 Å². The Morgan fingerprint density at radius 3 is 2.59 bits per heavy atom. The summed E-state index contributed by atoms with van der Waals surface area (Å²) in [6, 6.07) is 9.70. The van der Waals surface area contributed by atoms with E-state index in [2.05, 4.69) is 20.5 Å². The quantitative estimate of drug-likeness (QED) is 0.801. The zero-order valence-corrected chi connectivity index (χ0v) is 16.6. The number of hydrogen-bond donors (Lipinski definition) is 2. The summed E-state index contributed by atoms with van der Waals surface area (Å²) in [4.78, 5) is 31.3. The lowest BCUT2D eigenvalue weighted by molar-refractivity contribution is -0.127. The summed E-state index contributed by atoms with van der Waals surface area (Å²) < 4.78 is 0. The molecule has 2 N–H and O–H groups in total. The Morgan fingerprint density at radius 2 is 1.96 bits per heavy atom. The Morgan fingerprint density at radius 1 is 1.26 bits per heavy atom. The smallest absolute Gasteiger partial charge is 0.237 e. The third-order valence-electron chi connectivity index (χ3n) is 4.99. The third kappa shape index (κ3) is 5.37. The van der Waals surface area contributed by atoms with Gasteiger partial charge in [0.05, 0.1) is 11.7 Å². The van der Waals surface area contributed by atoms with Crippen LogP contribution >= 0.6 is 11.3 Å². The first kappa shape index (κ1) is 19.5. The van der Waals surface area contributed by atoms with Crippen molar-refractivity contribution in [3.8, 4) is 0 Å². The highest BCUT2D eigenvalue weighted by atomic mass is 32.1. The maximum atomic E-state index is 12.4. The first-order chi connectivity index (χ1) is 13.0. The van der Waals surface area contributed by atoms with Gasteiger partial charge in [-0.25, -0.2) is 4.98 Å². The first-order valence-electron chi connectivity index (χ1n) is 9.31. The molecular formula is C20H26N4O2S. The molecular weight excluding hydrogens is 360 g/mol. The Hall–Kier alpha value is -2.25. The summed E-state index contributed by atoms with van der Waals surface area (Å²) in [6.07, 6.45) is 1.51. The Labute approximate surface area is 164 Å². The van der Waals surface area contributed by atoms with E-state index < -0.39 is 0 Å². The standard InChI is InChI=1S/C20H26N4O2S/c1-14-13-27-20(22-14)23-19(26)17-8-10-24(11-9-17)15(2)18(25)21-12-16-6-4-3-5-7-16/h3-7,13,15,17H,8-12H2,1-2H3,(H,21,25)(H,22,23,26). The third-order valence-corrected chi connectivity index (χ3v) is 5.86. The molecule has 1 unspecified atom stereocenters. The number of hydrogen-bond acceptors (Lipinski definition) is 5. The fourth-order valence-corrected chi connectivity index (χ4v) is 3.96. The minimum absolute atomic E-state index is 0.0231. The van der Waals surface area contributed by atoms with Gasteiger partial charge in [0.25, 0.3) is 0 Å².